The van der Waals surface area contributed by atoms with Crippen LogP contribution >= 0.6 is 15.9 Å². The van der Waals surface area contributed by atoms with Gasteiger partial charge < -0.3 is 10.1 Å². The molecule has 1 heterocycles. The Balaban J connectivity index is 2.59. The molecule has 0 spiro atoms. The summed E-state index contributed by atoms with van der Waals surface area (Å²) in [6.45, 7) is 3.80. The molecule has 0 atom stereocenters. The van der Waals surface area contributed by atoms with Gasteiger partial charge in [0.25, 0.3) is 5.56 Å². The topological polar surface area (TPSA) is 66.0 Å². The molecular weight excluding hydrogens is 296 g/mol. The van der Waals surface area contributed by atoms with E-state index in [1.165, 1.54) is 0 Å². The average Bonchev–Trinajstić information content (AvgIpc) is 2.30. The average molecular weight is 309 g/mol. The summed E-state index contributed by atoms with van der Waals surface area (Å²) in [5, 5.41) is 9.90. The van der Waals surface area contributed by atoms with E-state index in [2.05, 4.69) is 25.9 Å². The maximum atomic E-state index is 12.0. The summed E-state index contributed by atoms with van der Waals surface area (Å²) < 4.78 is 0.911. The molecule has 0 bridgehead atoms. The van der Waals surface area contributed by atoms with Gasteiger partial charge in [-0.15, -0.1) is 0 Å². The molecule has 0 aliphatic carbocycles. The molecule has 0 unspecified atom stereocenters. The van der Waals surface area contributed by atoms with Crippen LogP contribution in [-0.4, -0.2) is 15.1 Å². The molecular formula is C13H13BrN2O2. The number of nitrogens with zero attached hydrogens (tertiary/aromatic N) is 1. The van der Waals surface area contributed by atoms with Gasteiger partial charge >= 0.3 is 0 Å². The van der Waals surface area contributed by atoms with Crippen molar-refractivity contribution in [1.29, 1.82) is 0 Å². The van der Waals surface area contributed by atoms with E-state index >= 15 is 0 Å². The van der Waals surface area contributed by atoms with E-state index < -0.39 is 0 Å². The van der Waals surface area contributed by atoms with Gasteiger partial charge in [-0.05, 0) is 17.7 Å². The predicted molar refractivity (Wildman–Crippen MR) is 73.7 cm³/mol. The fourth-order valence-corrected chi connectivity index (χ4v) is 1.89. The van der Waals surface area contributed by atoms with Gasteiger partial charge in [0, 0.05) is 10.4 Å². The molecule has 0 saturated carbocycles. The molecule has 2 aromatic rings. The molecule has 1 aromatic heterocycles. The van der Waals surface area contributed by atoms with Crippen LogP contribution in [0.15, 0.2) is 33.5 Å². The maximum absolute atomic E-state index is 12.0. The van der Waals surface area contributed by atoms with Crippen LogP contribution < -0.4 is 5.56 Å². The van der Waals surface area contributed by atoms with Crippen LogP contribution in [0.1, 0.15) is 25.6 Å². The normalized spacial score (nSPS) is 10.9. The third kappa shape index (κ3) is 2.46. The number of aromatic nitrogens is 2. The lowest BCUT2D eigenvalue weighted by Gasteiger charge is -2.08. The Hall–Kier alpha value is -1.62. The van der Waals surface area contributed by atoms with Crippen molar-refractivity contribution in [3.05, 3.63) is 44.9 Å². The number of hydrogen-bond acceptors (Lipinski definition) is 3. The minimum atomic E-state index is -0.325. The standard InChI is InChI=1S/C13H13BrN2O2/c1-7(2)11-15-12(17)10(13(18)16-11)8-3-5-9(14)6-4-8/h3-7H,1-2H3,(H2,15,16,17,18). The molecule has 0 aliphatic rings. The van der Waals surface area contributed by atoms with Gasteiger partial charge in [0.05, 0.1) is 0 Å². The Labute approximate surface area is 113 Å². The van der Waals surface area contributed by atoms with Gasteiger partial charge in [-0.1, -0.05) is 41.9 Å². The number of aromatic amines is 1. The first-order chi connectivity index (χ1) is 8.49. The summed E-state index contributed by atoms with van der Waals surface area (Å²) in [6, 6.07) is 7.13. The maximum Gasteiger partial charge on any atom is 0.262 e. The Morgan fingerprint density at radius 2 is 1.89 bits per heavy atom. The van der Waals surface area contributed by atoms with Crippen molar-refractivity contribution in [2.75, 3.05) is 0 Å². The van der Waals surface area contributed by atoms with Crippen LogP contribution in [0, 0.1) is 0 Å². The lowest BCUT2D eigenvalue weighted by molar-refractivity contribution is 0.448. The minimum absolute atomic E-state index is 0.0579. The van der Waals surface area contributed by atoms with Crippen molar-refractivity contribution in [1.82, 2.24) is 9.97 Å². The third-order valence-electron chi connectivity index (χ3n) is 2.60. The molecule has 0 saturated heterocycles. The molecule has 0 aliphatic heterocycles. The molecule has 5 heteroatoms. The Morgan fingerprint density at radius 1 is 1.28 bits per heavy atom. The van der Waals surface area contributed by atoms with Gasteiger partial charge in [-0.2, -0.15) is 4.98 Å². The molecule has 2 rings (SSSR count). The second-order valence-electron chi connectivity index (χ2n) is 4.31. The van der Waals surface area contributed by atoms with Crippen molar-refractivity contribution < 1.29 is 5.11 Å². The van der Waals surface area contributed by atoms with Crippen molar-refractivity contribution in [3.63, 3.8) is 0 Å². The van der Waals surface area contributed by atoms with Crippen molar-refractivity contribution in [2.24, 2.45) is 0 Å². The second kappa shape index (κ2) is 4.94. The monoisotopic (exact) mass is 308 g/mol. The lowest BCUT2D eigenvalue weighted by Crippen LogP contribution is -2.14. The summed E-state index contributed by atoms with van der Waals surface area (Å²) in [5.41, 5.74) is 0.514. The second-order valence-corrected chi connectivity index (χ2v) is 5.23. The van der Waals surface area contributed by atoms with Crippen LogP contribution in [0.25, 0.3) is 11.1 Å². The van der Waals surface area contributed by atoms with Gasteiger partial charge in [-0.25, -0.2) is 0 Å². The number of benzene rings is 1. The van der Waals surface area contributed by atoms with Gasteiger partial charge in [0.2, 0.25) is 5.88 Å². The number of nitrogens with one attached hydrogen (secondary N) is 1. The minimum Gasteiger partial charge on any atom is -0.493 e. The lowest BCUT2D eigenvalue weighted by atomic mass is 10.1. The number of hydrogen-bond donors (Lipinski definition) is 2. The van der Waals surface area contributed by atoms with Crippen molar-refractivity contribution in [3.8, 4) is 17.0 Å². The molecule has 18 heavy (non-hydrogen) atoms. The quantitative estimate of drug-likeness (QED) is 0.896. The molecule has 0 radical (unpaired) electrons. The van der Waals surface area contributed by atoms with Crippen LogP contribution in [-0.2, 0) is 0 Å². The fraction of sp³-hybridized carbons (Fsp3) is 0.231. The first kappa shape index (κ1) is 12.8. The Morgan fingerprint density at radius 3 is 2.39 bits per heavy atom. The molecule has 94 valence electrons. The van der Waals surface area contributed by atoms with Crippen molar-refractivity contribution >= 4 is 15.9 Å². The van der Waals surface area contributed by atoms with Crippen molar-refractivity contribution in [2.45, 2.75) is 19.8 Å². The summed E-state index contributed by atoms with van der Waals surface area (Å²) >= 11 is 3.32. The van der Waals surface area contributed by atoms with Gasteiger partial charge in [-0.3, -0.25) is 4.79 Å². The SMILES string of the molecule is CC(C)c1nc(O)c(-c2ccc(Br)cc2)c(=O)[nH]1. The zero-order valence-corrected chi connectivity index (χ0v) is 11.7. The summed E-state index contributed by atoms with van der Waals surface area (Å²) in [4.78, 5) is 18.7. The third-order valence-corrected chi connectivity index (χ3v) is 3.13. The van der Waals surface area contributed by atoms with E-state index in [9.17, 15) is 9.90 Å². The number of aromatic hydroxyl groups is 1. The Bertz CT molecular complexity index is 618. The molecule has 0 fully saturated rings. The number of H-pyrrole nitrogens is 1. The molecule has 4 nitrogen and oxygen atoms in total. The van der Waals surface area contributed by atoms with E-state index in [-0.39, 0.29) is 22.9 Å². The van der Waals surface area contributed by atoms with Crippen LogP contribution in [0.4, 0.5) is 0 Å². The molecule has 1 aromatic carbocycles. The van der Waals surface area contributed by atoms with Crippen LogP contribution in [0.2, 0.25) is 0 Å². The smallest absolute Gasteiger partial charge is 0.262 e. The van der Waals surface area contributed by atoms with Crippen LogP contribution in [0.3, 0.4) is 0 Å². The highest BCUT2D eigenvalue weighted by molar-refractivity contribution is 9.10. The van der Waals surface area contributed by atoms with E-state index in [1.807, 2.05) is 26.0 Å². The summed E-state index contributed by atoms with van der Waals surface area (Å²) in [6.07, 6.45) is 0. The number of rotatable bonds is 2. The summed E-state index contributed by atoms with van der Waals surface area (Å²) in [5.74, 6) is 0.311. The van der Waals surface area contributed by atoms with E-state index in [1.54, 1.807) is 12.1 Å². The molecule has 0 amide bonds. The predicted octanol–water partition coefficient (Wildman–Crippen LogP) is 3.03. The molecule has 2 N–H and O–H groups in total. The van der Waals surface area contributed by atoms with Crippen LogP contribution in [0.5, 0.6) is 5.88 Å². The fourth-order valence-electron chi connectivity index (χ4n) is 1.63. The first-order valence-corrected chi connectivity index (χ1v) is 6.37. The van der Waals surface area contributed by atoms with E-state index in [4.69, 9.17) is 0 Å². The zero-order valence-electron chi connectivity index (χ0n) is 10.1. The van der Waals surface area contributed by atoms with Gasteiger partial charge in [0.15, 0.2) is 0 Å². The highest BCUT2D eigenvalue weighted by Crippen LogP contribution is 2.25. The highest BCUT2D eigenvalue weighted by atomic mass is 79.9. The van der Waals surface area contributed by atoms with Gasteiger partial charge in [0.1, 0.15) is 11.4 Å². The Kier molecular flexibility index (Phi) is 3.52. The number of halogens is 1. The first-order valence-electron chi connectivity index (χ1n) is 5.58. The largest absolute Gasteiger partial charge is 0.493 e. The highest BCUT2D eigenvalue weighted by Gasteiger charge is 2.14. The summed E-state index contributed by atoms with van der Waals surface area (Å²) in [7, 11) is 0. The van der Waals surface area contributed by atoms with E-state index in [0.29, 0.717) is 11.4 Å². The zero-order chi connectivity index (χ0) is 13.3. The van der Waals surface area contributed by atoms with E-state index in [0.717, 1.165) is 4.47 Å².